The van der Waals surface area contributed by atoms with Gasteiger partial charge in [0.1, 0.15) is 0 Å². The Bertz CT molecular complexity index is 596. The number of benzene rings is 2. The molecule has 4 heteroatoms. The molecule has 0 saturated heterocycles. The summed E-state index contributed by atoms with van der Waals surface area (Å²) in [6.45, 7) is 5.33. The number of nitrogens with one attached hydrogen (secondary N) is 2. The lowest BCUT2D eigenvalue weighted by Crippen LogP contribution is -2.30. The van der Waals surface area contributed by atoms with Crippen LogP contribution in [-0.4, -0.2) is 32.6 Å². The van der Waals surface area contributed by atoms with Gasteiger partial charge < -0.3 is 15.5 Å². The van der Waals surface area contributed by atoms with Gasteiger partial charge in [-0.1, -0.05) is 30.3 Å². The van der Waals surface area contributed by atoms with E-state index in [0.717, 1.165) is 25.3 Å². The first-order chi connectivity index (χ1) is 11.2. The van der Waals surface area contributed by atoms with Gasteiger partial charge in [-0.25, -0.2) is 0 Å². The van der Waals surface area contributed by atoms with Gasteiger partial charge in [0.05, 0.1) is 0 Å². The Hall–Kier alpha value is -2.33. The summed E-state index contributed by atoms with van der Waals surface area (Å²) in [6.07, 6.45) is 0. The van der Waals surface area contributed by atoms with Crippen LogP contribution in [0.1, 0.15) is 22.8 Å². The number of carbonyl (C=O) groups excluding carboxylic acids is 1. The molecule has 1 amide bonds. The number of nitrogens with zero attached hydrogens (tertiary/aromatic N) is 1. The zero-order chi connectivity index (χ0) is 16.5. The fourth-order valence-electron chi connectivity index (χ4n) is 2.42. The number of likely N-dealkylation sites (N-methyl/N-ethyl adjacent to an activating group) is 1. The van der Waals surface area contributed by atoms with Gasteiger partial charge in [-0.05, 0) is 43.8 Å². The molecule has 0 unspecified atom stereocenters. The third kappa shape index (κ3) is 5.11. The van der Waals surface area contributed by atoms with Crippen molar-refractivity contribution in [2.45, 2.75) is 13.5 Å². The second-order valence-electron chi connectivity index (χ2n) is 5.41. The molecular weight excluding hydrogens is 286 g/mol. The SMILES string of the molecule is CCN(Cc1ccccc1)c1ccc(C(=O)NCCNC)cc1. The van der Waals surface area contributed by atoms with E-state index < -0.39 is 0 Å². The molecule has 0 heterocycles. The number of anilines is 1. The van der Waals surface area contributed by atoms with Crippen LogP contribution in [0.4, 0.5) is 5.69 Å². The maximum Gasteiger partial charge on any atom is 0.251 e. The highest BCUT2D eigenvalue weighted by Gasteiger charge is 2.08. The summed E-state index contributed by atoms with van der Waals surface area (Å²) in [4.78, 5) is 14.3. The lowest BCUT2D eigenvalue weighted by Gasteiger charge is -2.23. The first kappa shape index (κ1) is 17.0. The molecule has 0 aliphatic rings. The summed E-state index contributed by atoms with van der Waals surface area (Å²) in [5, 5.41) is 5.90. The van der Waals surface area contributed by atoms with Gasteiger partial charge in [0.15, 0.2) is 0 Å². The molecule has 2 aromatic carbocycles. The largest absolute Gasteiger partial charge is 0.367 e. The van der Waals surface area contributed by atoms with Crippen molar-refractivity contribution in [1.82, 2.24) is 10.6 Å². The number of hydrogen-bond donors (Lipinski definition) is 2. The van der Waals surface area contributed by atoms with Crippen molar-refractivity contribution in [2.24, 2.45) is 0 Å². The number of hydrogen-bond acceptors (Lipinski definition) is 3. The quantitative estimate of drug-likeness (QED) is 0.737. The maximum atomic E-state index is 12.0. The van der Waals surface area contributed by atoms with Crippen LogP contribution in [-0.2, 0) is 6.54 Å². The zero-order valence-corrected chi connectivity index (χ0v) is 13.9. The van der Waals surface area contributed by atoms with E-state index in [1.165, 1.54) is 5.56 Å². The van der Waals surface area contributed by atoms with E-state index in [1.807, 2.05) is 37.4 Å². The monoisotopic (exact) mass is 311 g/mol. The van der Waals surface area contributed by atoms with Crippen LogP contribution in [0.15, 0.2) is 54.6 Å². The molecule has 0 bridgehead atoms. The van der Waals surface area contributed by atoms with Crippen molar-refractivity contribution in [3.05, 3.63) is 65.7 Å². The van der Waals surface area contributed by atoms with Crippen molar-refractivity contribution in [1.29, 1.82) is 0 Å². The average Bonchev–Trinajstić information content (AvgIpc) is 2.61. The van der Waals surface area contributed by atoms with Gasteiger partial charge in [0.2, 0.25) is 0 Å². The van der Waals surface area contributed by atoms with E-state index in [9.17, 15) is 4.79 Å². The minimum absolute atomic E-state index is 0.0297. The van der Waals surface area contributed by atoms with Gasteiger partial charge in [0, 0.05) is 37.4 Å². The Kier molecular flexibility index (Phi) is 6.63. The van der Waals surface area contributed by atoms with Crippen LogP contribution in [0.3, 0.4) is 0 Å². The lowest BCUT2D eigenvalue weighted by atomic mass is 10.1. The van der Waals surface area contributed by atoms with Crippen LogP contribution < -0.4 is 15.5 Å². The first-order valence-electron chi connectivity index (χ1n) is 8.06. The number of amides is 1. The van der Waals surface area contributed by atoms with Gasteiger partial charge >= 0.3 is 0 Å². The summed E-state index contributed by atoms with van der Waals surface area (Å²) in [5.74, 6) is -0.0297. The molecule has 0 aliphatic heterocycles. The van der Waals surface area contributed by atoms with Crippen LogP contribution >= 0.6 is 0 Å². The zero-order valence-electron chi connectivity index (χ0n) is 13.9. The van der Waals surface area contributed by atoms with E-state index in [4.69, 9.17) is 0 Å². The molecule has 2 rings (SSSR count). The van der Waals surface area contributed by atoms with Gasteiger partial charge in [0.25, 0.3) is 5.91 Å². The molecule has 2 N–H and O–H groups in total. The molecular formula is C19H25N3O. The third-order valence-corrected chi connectivity index (χ3v) is 3.75. The second kappa shape index (κ2) is 8.96. The molecule has 0 aromatic heterocycles. The summed E-state index contributed by atoms with van der Waals surface area (Å²) < 4.78 is 0. The van der Waals surface area contributed by atoms with Crippen molar-refractivity contribution in [3.8, 4) is 0 Å². The third-order valence-electron chi connectivity index (χ3n) is 3.75. The van der Waals surface area contributed by atoms with Crippen molar-refractivity contribution in [3.63, 3.8) is 0 Å². The predicted octanol–water partition coefficient (Wildman–Crippen LogP) is 2.66. The molecule has 4 nitrogen and oxygen atoms in total. The van der Waals surface area contributed by atoms with Gasteiger partial charge in [-0.2, -0.15) is 0 Å². The van der Waals surface area contributed by atoms with Crippen LogP contribution in [0, 0.1) is 0 Å². The van der Waals surface area contributed by atoms with Gasteiger partial charge in [-0.15, -0.1) is 0 Å². The fraction of sp³-hybridized carbons (Fsp3) is 0.316. The predicted molar refractivity (Wildman–Crippen MR) is 95.9 cm³/mol. The summed E-state index contributed by atoms with van der Waals surface area (Å²) in [7, 11) is 1.87. The standard InChI is InChI=1S/C19H25N3O/c1-3-22(15-16-7-5-4-6-8-16)18-11-9-17(10-12-18)19(23)21-14-13-20-2/h4-12,20H,3,13-15H2,1-2H3,(H,21,23). The molecule has 0 fully saturated rings. The molecule has 23 heavy (non-hydrogen) atoms. The minimum Gasteiger partial charge on any atom is -0.367 e. The summed E-state index contributed by atoms with van der Waals surface area (Å²) in [6, 6.07) is 18.2. The summed E-state index contributed by atoms with van der Waals surface area (Å²) in [5.41, 5.74) is 3.10. The van der Waals surface area contributed by atoms with E-state index in [2.05, 4.69) is 46.7 Å². The Labute approximate surface area is 138 Å². The van der Waals surface area contributed by atoms with E-state index in [1.54, 1.807) is 0 Å². The van der Waals surface area contributed by atoms with E-state index >= 15 is 0 Å². The minimum atomic E-state index is -0.0297. The van der Waals surface area contributed by atoms with Gasteiger partial charge in [-0.3, -0.25) is 4.79 Å². The van der Waals surface area contributed by atoms with Crippen LogP contribution in [0.25, 0.3) is 0 Å². The smallest absolute Gasteiger partial charge is 0.251 e. The lowest BCUT2D eigenvalue weighted by molar-refractivity contribution is 0.0954. The highest BCUT2D eigenvalue weighted by molar-refractivity contribution is 5.94. The highest BCUT2D eigenvalue weighted by Crippen LogP contribution is 2.18. The fourth-order valence-corrected chi connectivity index (χ4v) is 2.42. The molecule has 0 radical (unpaired) electrons. The number of carbonyl (C=O) groups is 1. The summed E-state index contributed by atoms with van der Waals surface area (Å²) >= 11 is 0. The molecule has 122 valence electrons. The van der Waals surface area contributed by atoms with Crippen molar-refractivity contribution in [2.75, 3.05) is 31.6 Å². The van der Waals surface area contributed by atoms with E-state index in [0.29, 0.717) is 12.1 Å². The maximum absolute atomic E-state index is 12.0. The Morgan fingerprint density at radius 1 is 1.00 bits per heavy atom. The molecule has 0 aliphatic carbocycles. The van der Waals surface area contributed by atoms with Crippen LogP contribution in [0.2, 0.25) is 0 Å². The Morgan fingerprint density at radius 3 is 2.30 bits per heavy atom. The Morgan fingerprint density at radius 2 is 1.70 bits per heavy atom. The van der Waals surface area contributed by atoms with Crippen molar-refractivity contribution >= 4 is 11.6 Å². The highest BCUT2D eigenvalue weighted by atomic mass is 16.1. The molecule has 0 spiro atoms. The average molecular weight is 311 g/mol. The topological polar surface area (TPSA) is 44.4 Å². The first-order valence-corrected chi connectivity index (χ1v) is 8.06. The molecule has 2 aromatic rings. The number of rotatable bonds is 8. The Balaban J connectivity index is 2.00. The second-order valence-corrected chi connectivity index (χ2v) is 5.41. The van der Waals surface area contributed by atoms with Crippen LogP contribution in [0.5, 0.6) is 0 Å². The molecule has 0 saturated carbocycles. The van der Waals surface area contributed by atoms with Crippen molar-refractivity contribution < 1.29 is 4.79 Å². The van der Waals surface area contributed by atoms with E-state index in [-0.39, 0.29) is 5.91 Å². The normalized spacial score (nSPS) is 10.3. The molecule has 0 atom stereocenters.